The number of aryl methyl sites for hydroxylation is 1. The first-order valence-electron chi connectivity index (χ1n) is 7.17. The highest BCUT2D eigenvalue weighted by molar-refractivity contribution is 6.42. The first-order valence-corrected chi connectivity index (χ1v) is 8.30. The molecule has 0 saturated carbocycles. The van der Waals surface area contributed by atoms with Gasteiger partial charge in [0.25, 0.3) is 5.91 Å². The van der Waals surface area contributed by atoms with E-state index < -0.39 is 0 Å². The topological polar surface area (TPSA) is 66.2 Å². The summed E-state index contributed by atoms with van der Waals surface area (Å²) >= 11 is 17.9. The maximum atomic E-state index is 12.3. The number of anilines is 1. The van der Waals surface area contributed by atoms with Gasteiger partial charge < -0.3 is 9.64 Å². The average Bonchev–Trinajstić information content (AvgIpc) is 2.59. The molecule has 0 aliphatic heterocycles. The fourth-order valence-corrected chi connectivity index (χ4v) is 2.53. The number of carbonyl (C=O) groups excluding carboxylic acids is 1. The summed E-state index contributed by atoms with van der Waals surface area (Å²) in [6, 6.07) is 6.85. The lowest BCUT2D eigenvalue weighted by Gasteiger charge is -2.18. The molecule has 2 aromatic rings. The molecule has 0 unspecified atom stereocenters. The number of hydrogen-bond acceptors (Lipinski definition) is 4. The van der Waals surface area contributed by atoms with E-state index in [0.29, 0.717) is 32.0 Å². The van der Waals surface area contributed by atoms with E-state index in [0.717, 1.165) is 0 Å². The van der Waals surface area contributed by atoms with Crippen molar-refractivity contribution in [3.8, 4) is 11.9 Å². The minimum absolute atomic E-state index is 0.0813. The van der Waals surface area contributed by atoms with Crippen LogP contribution in [0.25, 0.3) is 0 Å². The number of benzene rings is 1. The molecule has 0 atom stereocenters. The summed E-state index contributed by atoms with van der Waals surface area (Å²) in [5, 5.41) is 10.4. The van der Waals surface area contributed by atoms with Gasteiger partial charge in [0.1, 0.15) is 11.6 Å². The second-order valence-corrected chi connectivity index (χ2v) is 6.46. The Labute approximate surface area is 160 Å². The Morgan fingerprint density at radius 3 is 2.56 bits per heavy atom. The highest BCUT2D eigenvalue weighted by atomic mass is 35.5. The molecular weight excluding hydrogens is 385 g/mol. The second-order valence-electron chi connectivity index (χ2n) is 5.27. The van der Waals surface area contributed by atoms with Gasteiger partial charge in [0, 0.05) is 12.7 Å². The molecule has 1 aromatic heterocycles. The van der Waals surface area contributed by atoms with Gasteiger partial charge in [0.05, 0.1) is 20.8 Å². The Hall–Kier alpha value is -2.00. The number of carbonyl (C=O) groups is 1. The van der Waals surface area contributed by atoms with Crippen LogP contribution in [0.3, 0.4) is 0 Å². The molecule has 1 heterocycles. The Morgan fingerprint density at radius 2 is 1.96 bits per heavy atom. The van der Waals surface area contributed by atoms with Gasteiger partial charge in [-0.2, -0.15) is 5.26 Å². The van der Waals surface area contributed by atoms with E-state index >= 15 is 0 Å². The zero-order valence-electron chi connectivity index (χ0n) is 13.7. The van der Waals surface area contributed by atoms with Crippen molar-refractivity contribution in [2.75, 3.05) is 18.6 Å². The molecular formula is C17H14Cl3N3O2. The van der Waals surface area contributed by atoms with Gasteiger partial charge in [-0.3, -0.25) is 4.79 Å². The van der Waals surface area contributed by atoms with Crippen LogP contribution in [0, 0.1) is 25.2 Å². The van der Waals surface area contributed by atoms with Crippen molar-refractivity contribution in [2.45, 2.75) is 13.8 Å². The zero-order chi connectivity index (χ0) is 18.7. The SMILES string of the molecule is Cc1nc(OCC(=O)N(C)c2ccc(Cl)c(Cl)c2)c(C#N)c(C)c1Cl. The van der Waals surface area contributed by atoms with Crippen molar-refractivity contribution in [2.24, 2.45) is 0 Å². The number of pyridine rings is 1. The number of halogens is 3. The van der Waals surface area contributed by atoms with Crippen LogP contribution in [-0.4, -0.2) is 24.5 Å². The van der Waals surface area contributed by atoms with Crippen molar-refractivity contribution in [1.82, 2.24) is 4.98 Å². The lowest BCUT2D eigenvalue weighted by atomic mass is 10.1. The van der Waals surface area contributed by atoms with E-state index in [4.69, 9.17) is 39.5 Å². The van der Waals surface area contributed by atoms with Crippen LogP contribution in [0.2, 0.25) is 15.1 Å². The molecule has 0 bridgehead atoms. The van der Waals surface area contributed by atoms with Gasteiger partial charge in [-0.15, -0.1) is 0 Å². The van der Waals surface area contributed by atoms with Crippen LogP contribution >= 0.6 is 34.8 Å². The summed E-state index contributed by atoms with van der Waals surface area (Å²) in [6.45, 7) is 3.11. The second kappa shape index (κ2) is 7.92. The number of nitrogens with zero attached hydrogens (tertiary/aromatic N) is 3. The van der Waals surface area contributed by atoms with E-state index in [9.17, 15) is 10.1 Å². The number of rotatable bonds is 4. The summed E-state index contributed by atoms with van der Waals surface area (Å²) in [5.74, 6) is -0.257. The largest absolute Gasteiger partial charge is 0.467 e. The van der Waals surface area contributed by atoms with E-state index in [1.54, 1.807) is 39.1 Å². The van der Waals surface area contributed by atoms with E-state index in [2.05, 4.69) is 4.98 Å². The van der Waals surface area contributed by atoms with Crippen LogP contribution in [-0.2, 0) is 4.79 Å². The van der Waals surface area contributed by atoms with Crippen molar-refractivity contribution >= 4 is 46.4 Å². The van der Waals surface area contributed by atoms with Gasteiger partial charge in [0.2, 0.25) is 5.88 Å². The van der Waals surface area contributed by atoms with Gasteiger partial charge in [-0.1, -0.05) is 34.8 Å². The van der Waals surface area contributed by atoms with Gasteiger partial charge in [-0.25, -0.2) is 4.98 Å². The summed E-state index contributed by atoms with van der Waals surface area (Å²) in [5.41, 5.74) is 1.87. The maximum absolute atomic E-state index is 12.3. The molecule has 0 N–H and O–H groups in total. The van der Waals surface area contributed by atoms with Crippen LogP contribution in [0.4, 0.5) is 5.69 Å². The first kappa shape index (κ1) is 19.3. The molecule has 0 aliphatic rings. The molecule has 8 heteroatoms. The number of amides is 1. The van der Waals surface area contributed by atoms with Gasteiger partial charge >= 0.3 is 0 Å². The van der Waals surface area contributed by atoms with Crippen molar-refractivity contribution < 1.29 is 9.53 Å². The van der Waals surface area contributed by atoms with E-state index in [-0.39, 0.29) is 24.0 Å². The lowest BCUT2D eigenvalue weighted by molar-refractivity contribution is -0.120. The monoisotopic (exact) mass is 397 g/mol. The summed E-state index contributed by atoms with van der Waals surface area (Å²) < 4.78 is 5.46. The molecule has 1 aromatic carbocycles. The maximum Gasteiger partial charge on any atom is 0.264 e. The summed E-state index contributed by atoms with van der Waals surface area (Å²) in [6.07, 6.45) is 0. The van der Waals surface area contributed by atoms with Crippen LogP contribution < -0.4 is 9.64 Å². The molecule has 2 rings (SSSR count). The molecule has 0 spiro atoms. The molecule has 25 heavy (non-hydrogen) atoms. The number of hydrogen-bond donors (Lipinski definition) is 0. The Kier molecular flexibility index (Phi) is 6.12. The molecule has 5 nitrogen and oxygen atoms in total. The number of ether oxygens (including phenoxy) is 1. The van der Waals surface area contributed by atoms with Crippen molar-refractivity contribution in [3.63, 3.8) is 0 Å². The summed E-state index contributed by atoms with van der Waals surface area (Å²) in [7, 11) is 1.59. The number of aromatic nitrogens is 1. The Morgan fingerprint density at radius 1 is 1.28 bits per heavy atom. The Bertz CT molecular complexity index is 878. The standard InChI is InChI=1S/C17H14Cl3N3O2/c1-9-12(7-21)17(22-10(2)16(9)20)25-8-15(24)23(3)11-4-5-13(18)14(19)6-11/h4-6H,8H2,1-3H3. The quantitative estimate of drug-likeness (QED) is 0.756. The third-order valence-corrected chi connectivity index (χ3v) is 4.91. The minimum atomic E-state index is -0.339. The lowest BCUT2D eigenvalue weighted by Crippen LogP contribution is -2.31. The van der Waals surface area contributed by atoms with Crippen molar-refractivity contribution in [3.05, 3.63) is 50.1 Å². The predicted molar refractivity (Wildman–Crippen MR) is 98.8 cm³/mol. The molecule has 1 amide bonds. The summed E-state index contributed by atoms with van der Waals surface area (Å²) in [4.78, 5) is 17.9. The highest BCUT2D eigenvalue weighted by Gasteiger charge is 2.18. The smallest absolute Gasteiger partial charge is 0.264 e. The fourth-order valence-electron chi connectivity index (χ4n) is 2.10. The molecule has 0 saturated heterocycles. The zero-order valence-corrected chi connectivity index (χ0v) is 16.0. The third kappa shape index (κ3) is 4.16. The molecule has 0 aliphatic carbocycles. The fraction of sp³-hybridized carbons (Fsp3) is 0.235. The van der Waals surface area contributed by atoms with Crippen LogP contribution in [0.15, 0.2) is 18.2 Å². The molecule has 0 radical (unpaired) electrons. The highest BCUT2D eigenvalue weighted by Crippen LogP contribution is 2.29. The number of nitriles is 1. The van der Waals surface area contributed by atoms with Gasteiger partial charge in [-0.05, 0) is 37.6 Å². The van der Waals surface area contributed by atoms with E-state index in [1.165, 1.54) is 4.90 Å². The van der Waals surface area contributed by atoms with Crippen molar-refractivity contribution in [1.29, 1.82) is 5.26 Å². The molecule has 130 valence electrons. The average molecular weight is 399 g/mol. The predicted octanol–water partition coefficient (Wildman–Crippen LogP) is 4.57. The minimum Gasteiger partial charge on any atom is -0.467 e. The molecule has 0 fully saturated rings. The van der Waals surface area contributed by atoms with Gasteiger partial charge in [0.15, 0.2) is 6.61 Å². The third-order valence-electron chi connectivity index (χ3n) is 3.61. The van der Waals surface area contributed by atoms with Crippen LogP contribution in [0.5, 0.6) is 5.88 Å². The van der Waals surface area contributed by atoms with E-state index in [1.807, 2.05) is 6.07 Å². The number of likely N-dealkylation sites (N-methyl/N-ethyl adjacent to an activating group) is 1. The Balaban J connectivity index is 2.17. The normalized spacial score (nSPS) is 10.3. The van der Waals surface area contributed by atoms with Crippen LogP contribution in [0.1, 0.15) is 16.8 Å². The first-order chi connectivity index (χ1) is 11.8.